The van der Waals surface area contributed by atoms with Gasteiger partial charge in [-0.15, -0.1) is 0 Å². The molecule has 112 valence electrons. The van der Waals surface area contributed by atoms with Gasteiger partial charge in [-0.3, -0.25) is 0 Å². The van der Waals surface area contributed by atoms with Crippen molar-refractivity contribution in [2.45, 2.75) is 46.6 Å². The third-order valence-corrected chi connectivity index (χ3v) is 4.33. The third kappa shape index (κ3) is 4.49. The van der Waals surface area contributed by atoms with E-state index in [1.54, 1.807) is 0 Å². The summed E-state index contributed by atoms with van der Waals surface area (Å²) in [5, 5.41) is 3.51. The van der Waals surface area contributed by atoms with Crippen LogP contribution in [-0.2, 0) is 6.54 Å². The van der Waals surface area contributed by atoms with Crippen LogP contribution in [0, 0.1) is 18.8 Å². The second-order valence-corrected chi connectivity index (χ2v) is 7.26. The second kappa shape index (κ2) is 7.46. The van der Waals surface area contributed by atoms with Gasteiger partial charge < -0.3 is 10.1 Å². The van der Waals surface area contributed by atoms with E-state index in [-0.39, 0.29) is 0 Å². The van der Waals surface area contributed by atoms with Gasteiger partial charge in [-0.25, -0.2) is 0 Å². The van der Waals surface area contributed by atoms with Crippen LogP contribution in [0.15, 0.2) is 16.6 Å². The van der Waals surface area contributed by atoms with Crippen molar-refractivity contribution in [1.82, 2.24) is 5.32 Å². The Morgan fingerprint density at radius 3 is 2.70 bits per heavy atom. The van der Waals surface area contributed by atoms with Crippen LogP contribution in [0.5, 0.6) is 5.75 Å². The van der Waals surface area contributed by atoms with E-state index in [9.17, 15) is 0 Å². The zero-order chi connectivity index (χ0) is 14.5. The van der Waals surface area contributed by atoms with Gasteiger partial charge in [0.25, 0.3) is 0 Å². The molecule has 0 atom stereocenters. The molecule has 0 saturated heterocycles. The molecule has 0 unspecified atom stereocenters. The molecule has 2 rings (SSSR count). The van der Waals surface area contributed by atoms with Crippen molar-refractivity contribution < 1.29 is 4.74 Å². The first kappa shape index (κ1) is 15.8. The van der Waals surface area contributed by atoms with Crippen molar-refractivity contribution in [2.24, 2.45) is 11.8 Å². The quantitative estimate of drug-likeness (QED) is 0.778. The van der Waals surface area contributed by atoms with Crippen molar-refractivity contribution in [1.29, 1.82) is 0 Å². The number of hydrogen-bond acceptors (Lipinski definition) is 2. The van der Waals surface area contributed by atoms with Gasteiger partial charge in [-0.1, -0.05) is 36.2 Å². The molecule has 1 fully saturated rings. The van der Waals surface area contributed by atoms with E-state index in [2.05, 4.69) is 54.2 Å². The fraction of sp³-hybridized carbons (Fsp3) is 0.647. The Labute approximate surface area is 131 Å². The number of benzene rings is 1. The van der Waals surface area contributed by atoms with Crippen LogP contribution in [0.4, 0.5) is 0 Å². The average Bonchev–Trinajstić information content (AvgIpc) is 2.29. The predicted molar refractivity (Wildman–Crippen MR) is 88.3 cm³/mol. The van der Waals surface area contributed by atoms with Crippen LogP contribution in [0.3, 0.4) is 0 Å². The molecule has 1 saturated carbocycles. The van der Waals surface area contributed by atoms with Crippen molar-refractivity contribution in [3.63, 3.8) is 0 Å². The molecule has 1 N–H and O–H groups in total. The van der Waals surface area contributed by atoms with E-state index in [4.69, 9.17) is 4.74 Å². The smallest absolute Gasteiger partial charge is 0.126 e. The highest BCUT2D eigenvalue weighted by Gasteiger charge is 2.19. The molecule has 1 aliphatic carbocycles. The summed E-state index contributed by atoms with van der Waals surface area (Å²) in [4.78, 5) is 0. The molecule has 1 aromatic rings. The predicted octanol–water partition coefficient (Wildman–Crippen LogP) is 4.68. The van der Waals surface area contributed by atoms with Crippen molar-refractivity contribution in [2.75, 3.05) is 13.2 Å². The molecule has 1 aliphatic rings. The first-order valence-corrected chi connectivity index (χ1v) is 8.48. The fourth-order valence-corrected chi connectivity index (χ4v) is 3.11. The summed E-state index contributed by atoms with van der Waals surface area (Å²) in [6, 6.07) is 4.32. The lowest BCUT2D eigenvalue weighted by molar-refractivity contribution is 0.178. The zero-order valence-electron chi connectivity index (χ0n) is 12.8. The number of ether oxygens (including phenoxy) is 1. The molecular weight excluding hydrogens is 314 g/mol. The summed E-state index contributed by atoms with van der Waals surface area (Å²) in [6.07, 6.45) is 4.03. The number of aryl methyl sites for hydroxylation is 1. The van der Waals surface area contributed by atoms with Crippen LogP contribution in [0.25, 0.3) is 0 Å². The van der Waals surface area contributed by atoms with Crippen molar-refractivity contribution >= 4 is 15.9 Å². The maximum atomic E-state index is 6.12. The average molecular weight is 340 g/mol. The lowest BCUT2D eigenvalue weighted by Gasteiger charge is -2.26. The standard InChI is InChI=1S/C17H26BrNO/c1-12(2)9-19-10-15-8-16(18)7-13(3)17(15)20-11-14-5-4-6-14/h7-8,12,14,19H,4-6,9-11H2,1-3H3. The summed E-state index contributed by atoms with van der Waals surface area (Å²) in [5.74, 6) is 2.52. The van der Waals surface area contributed by atoms with E-state index in [0.717, 1.165) is 35.8 Å². The molecule has 0 bridgehead atoms. The highest BCUT2D eigenvalue weighted by molar-refractivity contribution is 9.10. The Hall–Kier alpha value is -0.540. The first-order chi connectivity index (χ1) is 9.56. The van der Waals surface area contributed by atoms with Gasteiger partial charge in [0.2, 0.25) is 0 Å². The Morgan fingerprint density at radius 1 is 1.35 bits per heavy atom. The molecular formula is C17H26BrNO. The highest BCUT2D eigenvalue weighted by atomic mass is 79.9. The molecule has 0 heterocycles. The zero-order valence-corrected chi connectivity index (χ0v) is 14.4. The molecule has 1 aromatic carbocycles. The number of hydrogen-bond donors (Lipinski definition) is 1. The lowest BCUT2D eigenvalue weighted by Crippen LogP contribution is -2.22. The largest absolute Gasteiger partial charge is 0.493 e. The van der Waals surface area contributed by atoms with Gasteiger partial charge in [0.05, 0.1) is 6.61 Å². The minimum atomic E-state index is 0.669. The van der Waals surface area contributed by atoms with Crippen LogP contribution in [0.1, 0.15) is 44.2 Å². The molecule has 0 aromatic heterocycles. The van der Waals surface area contributed by atoms with Crippen LogP contribution in [-0.4, -0.2) is 13.2 Å². The maximum Gasteiger partial charge on any atom is 0.126 e. The Kier molecular flexibility index (Phi) is 5.91. The van der Waals surface area contributed by atoms with Gasteiger partial charge in [0, 0.05) is 16.6 Å². The SMILES string of the molecule is Cc1cc(Br)cc(CNCC(C)C)c1OCC1CCC1. The fourth-order valence-electron chi connectivity index (χ4n) is 2.49. The Morgan fingerprint density at radius 2 is 2.10 bits per heavy atom. The summed E-state index contributed by atoms with van der Waals surface area (Å²) in [7, 11) is 0. The molecule has 0 amide bonds. The van der Waals surface area contributed by atoms with Crippen LogP contribution >= 0.6 is 15.9 Å². The van der Waals surface area contributed by atoms with Gasteiger partial charge in [-0.05, 0) is 55.8 Å². The van der Waals surface area contributed by atoms with Gasteiger partial charge >= 0.3 is 0 Å². The van der Waals surface area contributed by atoms with E-state index < -0.39 is 0 Å². The summed E-state index contributed by atoms with van der Waals surface area (Å²) >= 11 is 3.59. The highest BCUT2D eigenvalue weighted by Crippen LogP contribution is 2.31. The maximum absolute atomic E-state index is 6.12. The topological polar surface area (TPSA) is 21.3 Å². The lowest BCUT2D eigenvalue weighted by atomic mass is 9.86. The van der Waals surface area contributed by atoms with E-state index in [1.807, 2.05) is 0 Å². The monoisotopic (exact) mass is 339 g/mol. The molecule has 2 nitrogen and oxygen atoms in total. The van der Waals surface area contributed by atoms with Crippen molar-refractivity contribution in [3.05, 3.63) is 27.7 Å². The van der Waals surface area contributed by atoms with Crippen LogP contribution in [0.2, 0.25) is 0 Å². The molecule has 3 heteroatoms. The number of halogens is 1. The number of nitrogens with one attached hydrogen (secondary N) is 1. The molecule has 0 radical (unpaired) electrons. The summed E-state index contributed by atoms with van der Waals surface area (Å²) in [5.41, 5.74) is 2.48. The minimum Gasteiger partial charge on any atom is -0.493 e. The summed E-state index contributed by atoms with van der Waals surface area (Å²) in [6.45, 7) is 9.37. The molecule has 0 aliphatic heterocycles. The summed E-state index contributed by atoms with van der Waals surface area (Å²) < 4.78 is 7.26. The Bertz CT molecular complexity index is 441. The first-order valence-electron chi connectivity index (χ1n) is 7.68. The van der Waals surface area contributed by atoms with Gasteiger partial charge in [0.15, 0.2) is 0 Å². The Balaban J connectivity index is 2.01. The number of rotatable bonds is 7. The molecule has 20 heavy (non-hydrogen) atoms. The minimum absolute atomic E-state index is 0.669. The van der Waals surface area contributed by atoms with E-state index in [0.29, 0.717) is 5.92 Å². The van der Waals surface area contributed by atoms with E-state index in [1.165, 1.54) is 30.4 Å². The normalized spacial score (nSPS) is 15.4. The third-order valence-electron chi connectivity index (χ3n) is 3.87. The van der Waals surface area contributed by atoms with E-state index >= 15 is 0 Å². The van der Waals surface area contributed by atoms with Crippen LogP contribution < -0.4 is 10.1 Å². The van der Waals surface area contributed by atoms with Crippen molar-refractivity contribution in [3.8, 4) is 5.75 Å². The molecule has 0 spiro atoms. The van der Waals surface area contributed by atoms with Gasteiger partial charge in [0.1, 0.15) is 5.75 Å². The second-order valence-electron chi connectivity index (χ2n) is 6.34. The van der Waals surface area contributed by atoms with Gasteiger partial charge in [-0.2, -0.15) is 0 Å².